The van der Waals surface area contributed by atoms with Crippen molar-refractivity contribution in [2.45, 2.75) is 20.1 Å². The van der Waals surface area contributed by atoms with Crippen LogP contribution in [0.2, 0.25) is 5.02 Å². The smallest absolute Gasteiger partial charge is 0.311 e. The highest BCUT2D eigenvalue weighted by Gasteiger charge is 2.24. The van der Waals surface area contributed by atoms with Gasteiger partial charge in [0.2, 0.25) is 0 Å². The summed E-state index contributed by atoms with van der Waals surface area (Å²) >= 11 is 5.94. The normalized spacial score (nSPS) is 14.3. The van der Waals surface area contributed by atoms with Crippen molar-refractivity contribution in [2.75, 3.05) is 26.2 Å². The van der Waals surface area contributed by atoms with Crippen molar-refractivity contribution in [2.24, 2.45) is 0 Å². The van der Waals surface area contributed by atoms with E-state index in [4.69, 9.17) is 20.8 Å². The summed E-state index contributed by atoms with van der Waals surface area (Å²) in [5.74, 6) is 0.646. The van der Waals surface area contributed by atoms with Crippen LogP contribution in [0.1, 0.15) is 27.4 Å². The van der Waals surface area contributed by atoms with Crippen LogP contribution in [-0.4, -0.2) is 46.8 Å². The number of benzene rings is 2. The van der Waals surface area contributed by atoms with Crippen LogP contribution in [0.5, 0.6) is 5.75 Å². The molecule has 1 aromatic heterocycles. The molecule has 0 radical (unpaired) electrons. The number of aryl methyl sites for hydroxylation is 1. The maximum atomic E-state index is 12.8. The summed E-state index contributed by atoms with van der Waals surface area (Å²) in [6.45, 7) is 5.32. The number of nitrogens with zero attached hydrogens (tertiary/aromatic N) is 3. The molecule has 33 heavy (non-hydrogen) atoms. The van der Waals surface area contributed by atoms with Crippen molar-refractivity contribution >= 4 is 23.2 Å². The molecule has 1 saturated heterocycles. The Bertz CT molecular complexity index is 1140. The Labute approximate surface area is 196 Å². The number of rotatable bonds is 7. The van der Waals surface area contributed by atoms with Crippen molar-refractivity contribution in [3.8, 4) is 5.75 Å². The first-order chi connectivity index (χ1) is 15.9. The van der Waals surface area contributed by atoms with Gasteiger partial charge in [0, 0.05) is 43.8 Å². The molecule has 1 aliphatic heterocycles. The van der Waals surface area contributed by atoms with E-state index in [2.05, 4.69) is 4.90 Å². The van der Waals surface area contributed by atoms with Gasteiger partial charge in [0.1, 0.15) is 12.4 Å². The molecule has 2 heterocycles. The molecule has 1 amide bonds. The number of halogens is 1. The van der Waals surface area contributed by atoms with Crippen molar-refractivity contribution in [3.63, 3.8) is 0 Å². The number of furan rings is 1. The first-order valence-corrected chi connectivity index (χ1v) is 11.0. The highest BCUT2D eigenvalue weighted by atomic mass is 35.5. The van der Waals surface area contributed by atoms with E-state index >= 15 is 0 Å². The molecule has 8 nitrogen and oxygen atoms in total. The first-order valence-electron chi connectivity index (χ1n) is 10.6. The zero-order chi connectivity index (χ0) is 23.4. The fraction of sp³-hybridized carbons (Fsp3) is 0.292. The van der Waals surface area contributed by atoms with E-state index in [0.717, 1.165) is 30.2 Å². The molecule has 0 unspecified atom stereocenters. The SMILES string of the molecule is Cc1ccc(OCc2ccc(C(=O)N3CCN(Cc4ccc(Cl)cc4)CC3)o2)c([N+](=O)[O-])c1. The molecule has 9 heteroatoms. The van der Waals surface area contributed by atoms with Gasteiger partial charge < -0.3 is 14.1 Å². The van der Waals surface area contributed by atoms with Crippen LogP contribution >= 0.6 is 11.6 Å². The summed E-state index contributed by atoms with van der Waals surface area (Å²) in [4.78, 5) is 27.7. The summed E-state index contributed by atoms with van der Waals surface area (Å²) in [5.41, 5.74) is 1.85. The first kappa shape index (κ1) is 22.8. The van der Waals surface area contributed by atoms with E-state index in [-0.39, 0.29) is 29.7 Å². The maximum Gasteiger partial charge on any atom is 0.311 e. The van der Waals surface area contributed by atoms with Gasteiger partial charge in [0.05, 0.1) is 4.92 Å². The number of hydrogen-bond acceptors (Lipinski definition) is 6. The minimum atomic E-state index is -0.480. The van der Waals surface area contributed by atoms with Gasteiger partial charge in [-0.2, -0.15) is 0 Å². The van der Waals surface area contributed by atoms with Gasteiger partial charge in [-0.25, -0.2) is 0 Å². The number of ether oxygens (including phenoxy) is 1. The lowest BCUT2D eigenvalue weighted by atomic mass is 10.2. The number of piperazine rings is 1. The zero-order valence-electron chi connectivity index (χ0n) is 18.2. The van der Waals surface area contributed by atoms with Gasteiger partial charge in [-0.1, -0.05) is 29.8 Å². The number of nitro benzene ring substituents is 1. The minimum absolute atomic E-state index is 0.00789. The second kappa shape index (κ2) is 10.1. The van der Waals surface area contributed by atoms with Crippen LogP contribution in [0.4, 0.5) is 5.69 Å². The number of nitro groups is 1. The fourth-order valence-electron chi connectivity index (χ4n) is 3.72. The lowest BCUT2D eigenvalue weighted by Gasteiger charge is -2.34. The second-order valence-electron chi connectivity index (χ2n) is 7.98. The quantitative estimate of drug-likeness (QED) is 0.368. The van der Waals surface area contributed by atoms with Gasteiger partial charge in [-0.15, -0.1) is 0 Å². The molecule has 0 saturated carbocycles. The van der Waals surface area contributed by atoms with Crippen LogP contribution in [-0.2, 0) is 13.2 Å². The molecular weight excluding hydrogens is 446 g/mol. The minimum Gasteiger partial charge on any atom is -0.479 e. The van der Waals surface area contributed by atoms with E-state index in [9.17, 15) is 14.9 Å². The third-order valence-corrected chi connectivity index (χ3v) is 5.78. The lowest BCUT2D eigenvalue weighted by Crippen LogP contribution is -2.48. The summed E-state index contributed by atoms with van der Waals surface area (Å²) in [5, 5.41) is 12.0. The van der Waals surface area contributed by atoms with E-state index in [1.165, 1.54) is 11.6 Å². The van der Waals surface area contributed by atoms with Crippen LogP contribution in [0, 0.1) is 17.0 Å². The maximum absolute atomic E-state index is 12.8. The number of hydrogen-bond donors (Lipinski definition) is 0. The van der Waals surface area contributed by atoms with Crippen molar-refractivity contribution in [1.82, 2.24) is 9.80 Å². The molecule has 0 aliphatic carbocycles. The molecule has 1 aliphatic rings. The van der Waals surface area contributed by atoms with Gasteiger partial charge >= 0.3 is 5.69 Å². The lowest BCUT2D eigenvalue weighted by molar-refractivity contribution is -0.386. The molecule has 4 rings (SSSR count). The van der Waals surface area contributed by atoms with Crippen molar-refractivity contribution in [1.29, 1.82) is 0 Å². The van der Waals surface area contributed by atoms with Gasteiger partial charge in [-0.3, -0.25) is 19.8 Å². The summed E-state index contributed by atoms with van der Waals surface area (Å²) in [7, 11) is 0. The van der Waals surface area contributed by atoms with Crippen molar-refractivity contribution < 1.29 is 18.9 Å². The molecular formula is C24H24ClN3O5. The van der Waals surface area contributed by atoms with Crippen molar-refractivity contribution in [3.05, 3.63) is 92.4 Å². The molecule has 3 aromatic rings. The average molecular weight is 470 g/mol. The topological polar surface area (TPSA) is 89.1 Å². The predicted octanol–water partition coefficient (Wildman–Crippen LogP) is 4.69. The Morgan fingerprint density at radius 2 is 1.82 bits per heavy atom. The third kappa shape index (κ3) is 5.71. The van der Waals surface area contributed by atoms with Gasteiger partial charge in [0.25, 0.3) is 5.91 Å². The molecule has 0 spiro atoms. The highest BCUT2D eigenvalue weighted by Crippen LogP contribution is 2.28. The third-order valence-electron chi connectivity index (χ3n) is 5.53. The van der Waals surface area contributed by atoms with Crippen LogP contribution in [0.3, 0.4) is 0 Å². The summed E-state index contributed by atoms with van der Waals surface area (Å²) < 4.78 is 11.2. The second-order valence-corrected chi connectivity index (χ2v) is 8.41. The Kier molecular flexibility index (Phi) is 6.96. The average Bonchev–Trinajstić information content (AvgIpc) is 3.29. The molecule has 2 aromatic carbocycles. The van der Waals surface area contributed by atoms with E-state index in [1.54, 1.807) is 36.1 Å². The van der Waals surface area contributed by atoms with Gasteiger partial charge in [0.15, 0.2) is 11.5 Å². The van der Waals surface area contributed by atoms with Crippen LogP contribution < -0.4 is 4.74 Å². The van der Waals surface area contributed by atoms with E-state index < -0.39 is 4.92 Å². The molecule has 0 N–H and O–H groups in total. The largest absolute Gasteiger partial charge is 0.479 e. The Balaban J connectivity index is 1.30. The number of carbonyl (C=O) groups is 1. The van der Waals surface area contributed by atoms with E-state index in [0.29, 0.717) is 18.8 Å². The molecule has 1 fully saturated rings. The standard InChI is InChI=1S/C24H24ClN3O5/c1-17-2-8-22(21(14-17)28(30)31)32-16-20-7-9-23(33-20)24(29)27-12-10-26(11-13-27)15-18-3-5-19(25)6-4-18/h2-9,14H,10-13,15-16H2,1H3. The Hall–Kier alpha value is -3.36. The molecule has 0 bridgehead atoms. The summed E-state index contributed by atoms with van der Waals surface area (Å²) in [6, 6.07) is 15.8. The molecule has 172 valence electrons. The van der Waals surface area contributed by atoms with Crippen LogP contribution in [0.25, 0.3) is 0 Å². The molecule has 0 atom stereocenters. The fourth-order valence-corrected chi connectivity index (χ4v) is 3.85. The predicted molar refractivity (Wildman–Crippen MR) is 124 cm³/mol. The number of carbonyl (C=O) groups excluding carboxylic acids is 1. The highest BCUT2D eigenvalue weighted by molar-refractivity contribution is 6.30. The Morgan fingerprint density at radius 1 is 1.09 bits per heavy atom. The Morgan fingerprint density at radius 3 is 2.52 bits per heavy atom. The van der Waals surface area contributed by atoms with Gasteiger partial charge in [-0.05, 0) is 48.4 Å². The number of amides is 1. The monoisotopic (exact) mass is 469 g/mol. The zero-order valence-corrected chi connectivity index (χ0v) is 19.0. The van der Waals surface area contributed by atoms with E-state index in [1.807, 2.05) is 24.3 Å². The summed E-state index contributed by atoms with van der Waals surface area (Å²) in [6.07, 6.45) is 0. The van der Waals surface area contributed by atoms with Crippen LogP contribution in [0.15, 0.2) is 59.0 Å².